The number of hydrogen-bond donors (Lipinski definition) is 6. The minimum Gasteiger partial charge on any atom is -0.507 e. The third-order valence-corrected chi connectivity index (χ3v) is 7.49. The second kappa shape index (κ2) is 9.05. The Morgan fingerprint density at radius 2 is 0.825 bits per heavy atom. The second-order valence-corrected chi connectivity index (χ2v) is 12.4. The molecular weight excluding hydrogens is 512 g/mol. The molecule has 0 atom stereocenters. The van der Waals surface area contributed by atoms with Gasteiger partial charge in [0.15, 0.2) is 35.6 Å². The third-order valence-electron chi connectivity index (χ3n) is 7.49. The van der Waals surface area contributed by atoms with Gasteiger partial charge in [-0.2, -0.15) is 0 Å². The number of rotatable bonds is 3. The Bertz CT molecular complexity index is 1640. The van der Waals surface area contributed by atoms with Gasteiger partial charge in [-0.05, 0) is 46.6 Å². The van der Waals surface area contributed by atoms with E-state index in [1.807, 2.05) is 41.5 Å². The van der Waals surface area contributed by atoms with Crippen LogP contribution in [-0.2, 0) is 10.8 Å². The Hall–Kier alpha value is -4.46. The van der Waals surface area contributed by atoms with Gasteiger partial charge in [-0.25, -0.2) is 0 Å². The number of phenolic OH excluding ortho intramolecular Hbond substituents is 6. The minimum absolute atomic E-state index is 0.00531. The van der Waals surface area contributed by atoms with Gasteiger partial charge in [0.25, 0.3) is 0 Å². The van der Waals surface area contributed by atoms with Crippen molar-refractivity contribution in [2.45, 2.75) is 66.2 Å². The summed E-state index contributed by atoms with van der Waals surface area (Å²) in [6.07, 6.45) is 0.688. The van der Waals surface area contributed by atoms with Crippen LogP contribution in [0.2, 0.25) is 0 Å². The third kappa shape index (κ3) is 3.89. The summed E-state index contributed by atoms with van der Waals surface area (Å²) >= 11 is 0. The van der Waals surface area contributed by atoms with Gasteiger partial charge in [-0.1, -0.05) is 53.7 Å². The van der Waals surface area contributed by atoms with Crippen molar-refractivity contribution in [1.29, 1.82) is 0 Å². The largest absolute Gasteiger partial charge is 0.507 e. The van der Waals surface area contributed by atoms with Crippen molar-refractivity contribution in [3.8, 4) is 45.6 Å². The lowest BCUT2D eigenvalue weighted by atomic mass is 9.78. The van der Waals surface area contributed by atoms with Crippen molar-refractivity contribution < 1.29 is 40.2 Å². The van der Waals surface area contributed by atoms with Gasteiger partial charge >= 0.3 is 0 Å². The number of phenols is 6. The monoisotopic (exact) mass is 546 g/mol. The van der Waals surface area contributed by atoms with Gasteiger partial charge < -0.3 is 30.6 Å². The molecule has 0 bridgehead atoms. The first-order chi connectivity index (χ1) is 18.4. The molecule has 0 radical (unpaired) electrons. The van der Waals surface area contributed by atoms with E-state index >= 15 is 0 Å². The van der Waals surface area contributed by atoms with Gasteiger partial charge in [-0.15, -0.1) is 0 Å². The summed E-state index contributed by atoms with van der Waals surface area (Å²) in [6, 6.07) is 3.32. The first-order valence-corrected chi connectivity index (χ1v) is 12.8. The Morgan fingerprint density at radius 1 is 0.525 bits per heavy atom. The topological polar surface area (TPSA) is 156 Å². The van der Waals surface area contributed by atoms with Crippen LogP contribution < -0.4 is 0 Å². The molecule has 4 rings (SSSR count). The molecule has 0 spiro atoms. The smallest absolute Gasteiger partial charge is 0.169 e. The number of aldehydes is 2. The summed E-state index contributed by atoms with van der Waals surface area (Å²) in [7, 11) is 0. The van der Waals surface area contributed by atoms with Crippen LogP contribution in [0.15, 0.2) is 12.1 Å². The van der Waals surface area contributed by atoms with Crippen LogP contribution in [0.25, 0.3) is 32.7 Å². The SMILES string of the molecule is Cc1cc2c(C(C)(C)C)c(O)c(O)c(C=O)c2c(O)c1-c1c(C)cc2c(C(C)(C)C)c(O)c(O)c(C=O)c2c1O. The number of fused-ring (bicyclic) bond motifs is 2. The minimum atomic E-state index is -0.690. The average molecular weight is 547 g/mol. The van der Waals surface area contributed by atoms with Crippen LogP contribution >= 0.6 is 0 Å². The van der Waals surface area contributed by atoms with Crippen molar-refractivity contribution in [3.05, 3.63) is 45.5 Å². The molecule has 0 aliphatic carbocycles. The number of aryl methyl sites for hydroxylation is 2. The zero-order valence-corrected chi connectivity index (χ0v) is 23.8. The Morgan fingerprint density at radius 3 is 1.07 bits per heavy atom. The molecule has 0 saturated heterocycles. The molecule has 210 valence electrons. The van der Waals surface area contributed by atoms with E-state index in [0.717, 1.165) is 0 Å². The van der Waals surface area contributed by atoms with Crippen LogP contribution in [0.3, 0.4) is 0 Å². The fraction of sp³-hybridized carbons (Fsp3) is 0.312. The highest BCUT2D eigenvalue weighted by atomic mass is 16.3. The summed E-state index contributed by atoms with van der Waals surface area (Å²) in [5.41, 5.74) is -0.134. The molecule has 0 aromatic heterocycles. The summed E-state index contributed by atoms with van der Waals surface area (Å²) < 4.78 is 0. The summed E-state index contributed by atoms with van der Waals surface area (Å²) in [6.45, 7) is 14.3. The van der Waals surface area contributed by atoms with Gasteiger partial charge in [0.2, 0.25) is 0 Å². The molecule has 0 fully saturated rings. The van der Waals surface area contributed by atoms with Crippen molar-refractivity contribution in [3.63, 3.8) is 0 Å². The number of carbonyl (C=O) groups excluding carboxylic acids is 2. The maximum absolute atomic E-state index is 12.1. The molecule has 4 aromatic rings. The molecule has 0 heterocycles. The van der Waals surface area contributed by atoms with Gasteiger partial charge in [-0.3, -0.25) is 9.59 Å². The quantitative estimate of drug-likeness (QED) is 0.122. The fourth-order valence-electron chi connectivity index (χ4n) is 5.90. The van der Waals surface area contributed by atoms with Crippen molar-refractivity contribution in [1.82, 2.24) is 0 Å². The normalized spacial score (nSPS) is 12.3. The average Bonchev–Trinajstić information content (AvgIpc) is 2.82. The second-order valence-electron chi connectivity index (χ2n) is 12.4. The molecule has 0 aliphatic rings. The fourth-order valence-corrected chi connectivity index (χ4v) is 5.90. The number of aromatic hydroxyl groups is 6. The zero-order valence-electron chi connectivity index (χ0n) is 23.8. The van der Waals surface area contributed by atoms with E-state index in [0.29, 0.717) is 45.6 Å². The van der Waals surface area contributed by atoms with E-state index in [1.54, 1.807) is 26.0 Å². The molecule has 8 heteroatoms. The molecule has 6 N–H and O–H groups in total. The highest BCUT2D eigenvalue weighted by molar-refractivity contribution is 6.14. The maximum Gasteiger partial charge on any atom is 0.169 e. The predicted octanol–water partition coefficient (Wildman–Crippen LogP) is 6.73. The van der Waals surface area contributed by atoms with Crippen LogP contribution in [0.4, 0.5) is 0 Å². The van der Waals surface area contributed by atoms with E-state index in [-0.39, 0.29) is 33.0 Å². The first-order valence-electron chi connectivity index (χ1n) is 12.8. The van der Waals surface area contributed by atoms with Crippen LogP contribution in [0.5, 0.6) is 34.5 Å². The van der Waals surface area contributed by atoms with Gasteiger partial charge in [0.05, 0.1) is 11.1 Å². The molecule has 0 unspecified atom stereocenters. The molecule has 40 heavy (non-hydrogen) atoms. The van der Waals surface area contributed by atoms with Crippen molar-refractivity contribution >= 4 is 34.1 Å². The molecule has 0 amide bonds. The van der Waals surface area contributed by atoms with E-state index in [2.05, 4.69) is 0 Å². The highest BCUT2D eigenvalue weighted by Gasteiger charge is 2.33. The summed E-state index contributed by atoms with van der Waals surface area (Å²) in [5, 5.41) is 67.2. The first kappa shape index (κ1) is 28.5. The standard InChI is InChI=1S/C32H34O8/c1-13-9-15-21(17(11-33)25(35)29(39)23(15)31(3,4)5)27(37)19(13)20-14(2)10-16-22(28(20)38)18(12-34)26(36)30(40)24(16)32(6,7)8/h9-12,35-40H,1-8H3. The lowest BCUT2D eigenvalue weighted by Gasteiger charge is -2.27. The lowest BCUT2D eigenvalue weighted by molar-refractivity contribution is 0.111. The van der Waals surface area contributed by atoms with Crippen molar-refractivity contribution in [2.24, 2.45) is 0 Å². The molecule has 0 aliphatic heterocycles. The van der Waals surface area contributed by atoms with Crippen molar-refractivity contribution in [2.75, 3.05) is 0 Å². The zero-order chi connectivity index (χ0) is 30.2. The van der Waals surface area contributed by atoms with Crippen LogP contribution in [0, 0.1) is 13.8 Å². The van der Waals surface area contributed by atoms with E-state index in [4.69, 9.17) is 0 Å². The molecule has 8 nitrogen and oxygen atoms in total. The Balaban J connectivity index is 2.30. The van der Waals surface area contributed by atoms with E-state index in [1.165, 1.54) is 0 Å². The number of benzene rings is 4. The maximum atomic E-state index is 12.1. The van der Waals surface area contributed by atoms with E-state index < -0.39 is 45.3 Å². The molecule has 4 aromatic carbocycles. The summed E-state index contributed by atoms with van der Waals surface area (Å²) in [5.74, 6) is -3.09. The predicted molar refractivity (Wildman–Crippen MR) is 155 cm³/mol. The molecular formula is C32H34O8. The van der Waals surface area contributed by atoms with Gasteiger partial charge in [0, 0.05) is 33.0 Å². The number of carbonyl (C=O) groups is 2. The highest BCUT2D eigenvalue weighted by Crippen LogP contribution is 2.55. The Labute approximate surface area is 231 Å². The number of hydrogen-bond acceptors (Lipinski definition) is 8. The summed E-state index contributed by atoms with van der Waals surface area (Å²) in [4.78, 5) is 24.2. The van der Waals surface area contributed by atoms with Crippen LogP contribution in [0.1, 0.15) is 84.5 Å². The Kier molecular flexibility index (Phi) is 6.46. The lowest BCUT2D eigenvalue weighted by Crippen LogP contribution is -2.13. The van der Waals surface area contributed by atoms with Crippen LogP contribution in [-0.4, -0.2) is 43.2 Å². The molecule has 0 saturated carbocycles. The van der Waals surface area contributed by atoms with Gasteiger partial charge in [0.1, 0.15) is 11.5 Å². The van der Waals surface area contributed by atoms with E-state index in [9.17, 15) is 40.2 Å².